The fourth-order valence-corrected chi connectivity index (χ4v) is 1.13. The van der Waals surface area contributed by atoms with Crippen LogP contribution in [0.15, 0.2) is 5.18 Å². The van der Waals surface area contributed by atoms with Crippen LogP contribution in [0.5, 0.6) is 0 Å². The SMILES string of the molecule is CCCNCCC(CCNC)N=O. The van der Waals surface area contributed by atoms with E-state index >= 15 is 0 Å². The van der Waals surface area contributed by atoms with Crippen molar-refractivity contribution >= 4 is 0 Å². The molecule has 0 aliphatic heterocycles. The van der Waals surface area contributed by atoms with Crippen molar-refractivity contribution < 1.29 is 0 Å². The van der Waals surface area contributed by atoms with Crippen LogP contribution in [0.3, 0.4) is 0 Å². The molecule has 0 aliphatic carbocycles. The topological polar surface area (TPSA) is 53.5 Å². The lowest BCUT2D eigenvalue weighted by Gasteiger charge is -2.08. The minimum atomic E-state index is -0.0307. The van der Waals surface area contributed by atoms with Gasteiger partial charge in [0.1, 0.15) is 0 Å². The van der Waals surface area contributed by atoms with Gasteiger partial charge in [0.15, 0.2) is 0 Å². The molecule has 0 spiro atoms. The average molecular weight is 187 g/mol. The molecule has 0 amide bonds. The summed E-state index contributed by atoms with van der Waals surface area (Å²) in [5, 5.41) is 9.36. The lowest BCUT2D eigenvalue weighted by molar-refractivity contribution is 0.521. The zero-order valence-corrected chi connectivity index (χ0v) is 8.68. The third-order valence-electron chi connectivity index (χ3n) is 1.96. The molecule has 0 rings (SSSR count). The van der Waals surface area contributed by atoms with Crippen LogP contribution in [0.1, 0.15) is 26.2 Å². The lowest BCUT2D eigenvalue weighted by Crippen LogP contribution is -2.22. The molecule has 0 aromatic heterocycles. The van der Waals surface area contributed by atoms with Crippen LogP contribution in [-0.4, -0.2) is 32.7 Å². The second kappa shape index (κ2) is 9.61. The molecule has 0 bridgehead atoms. The molecular weight excluding hydrogens is 166 g/mol. The number of hydrogen-bond donors (Lipinski definition) is 2. The molecule has 4 nitrogen and oxygen atoms in total. The molecule has 0 saturated carbocycles. The van der Waals surface area contributed by atoms with Gasteiger partial charge in [0.25, 0.3) is 0 Å². The van der Waals surface area contributed by atoms with Gasteiger partial charge in [0.2, 0.25) is 0 Å². The predicted molar refractivity (Wildman–Crippen MR) is 55.9 cm³/mol. The smallest absolute Gasteiger partial charge is 0.0943 e. The highest BCUT2D eigenvalue weighted by Gasteiger charge is 2.06. The molecule has 2 N–H and O–H groups in total. The second-order valence-electron chi connectivity index (χ2n) is 3.19. The van der Waals surface area contributed by atoms with E-state index in [-0.39, 0.29) is 6.04 Å². The molecule has 0 radical (unpaired) electrons. The Balaban J connectivity index is 3.31. The summed E-state index contributed by atoms with van der Waals surface area (Å²) in [7, 11) is 1.89. The van der Waals surface area contributed by atoms with E-state index in [0.717, 1.165) is 38.9 Å². The molecule has 13 heavy (non-hydrogen) atoms. The van der Waals surface area contributed by atoms with E-state index in [2.05, 4.69) is 22.7 Å². The Morgan fingerprint density at radius 1 is 1.23 bits per heavy atom. The van der Waals surface area contributed by atoms with E-state index in [1.807, 2.05) is 7.05 Å². The van der Waals surface area contributed by atoms with Gasteiger partial charge in [-0.05, 0) is 45.9 Å². The van der Waals surface area contributed by atoms with E-state index < -0.39 is 0 Å². The fourth-order valence-electron chi connectivity index (χ4n) is 1.13. The van der Waals surface area contributed by atoms with Crippen LogP contribution in [-0.2, 0) is 0 Å². The molecule has 4 heteroatoms. The minimum Gasteiger partial charge on any atom is -0.320 e. The van der Waals surface area contributed by atoms with Gasteiger partial charge in [-0.2, -0.15) is 4.91 Å². The Morgan fingerprint density at radius 2 is 1.92 bits per heavy atom. The Labute approximate surface area is 80.5 Å². The molecule has 0 heterocycles. The van der Waals surface area contributed by atoms with E-state index in [9.17, 15) is 4.91 Å². The van der Waals surface area contributed by atoms with Crippen molar-refractivity contribution in [1.29, 1.82) is 0 Å². The van der Waals surface area contributed by atoms with Crippen LogP contribution < -0.4 is 10.6 Å². The lowest BCUT2D eigenvalue weighted by atomic mass is 10.1. The fraction of sp³-hybridized carbons (Fsp3) is 1.00. The summed E-state index contributed by atoms with van der Waals surface area (Å²) < 4.78 is 0. The number of nitrogens with one attached hydrogen (secondary N) is 2. The first-order valence-corrected chi connectivity index (χ1v) is 5.03. The van der Waals surface area contributed by atoms with Gasteiger partial charge >= 0.3 is 0 Å². The van der Waals surface area contributed by atoms with Crippen molar-refractivity contribution in [3.05, 3.63) is 4.91 Å². The zero-order chi connectivity index (χ0) is 9.94. The van der Waals surface area contributed by atoms with E-state index in [0.29, 0.717) is 0 Å². The first-order valence-electron chi connectivity index (χ1n) is 5.03. The standard InChI is InChI=1S/C9H21N3O/c1-3-6-11-8-5-9(12-13)4-7-10-2/h9-11H,3-8H2,1-2H3. The average Bonchev–Trinajstić information content (AvgIpc) is 2.17. The summed E-state index contributed by atoms with van der Waals surface area (Å²) in [6, 6.07) is -0.0307. The second-order valence-corrected chi connectivity index (χ2v) is 3.19. The first kappa shape index (κ1) is 12.5. The molecule has 0 aliphatic rings. The van der Waals surface area contributed by atoms with Crippen molar-refractivity contribution in [2.75, 3.05) is 26.7 Å². The van der Waals surface area contributed by atoms with Crippen molar-refractivity contribution in [2.45, 2.75) is 32.2 Å². The first-order chi connectivity index (χ1) is 6.35. The highest BCUT2D eigenvalue weighted by atomic mass is 16.3. The molecule has 78 valence electrons. The number of nitroso groups, excluding NO2 is 1. The Morgan fingerprint density at radius 3 is 2.46 bits per heavy atom. The maximum Gasteiger partial charge on any atom is 0.0943 e. The quantitative estimate of drug-likeness (QED) is 0.420. The normalized spacial score (nSPS) is 12.8. The molecule has 0 saturated heterocycles. The molecule has 1 unspecified atom stereocenters. The van der Waals surface area contributed by atoms with E-state index in [4.69, 9.17) is 0 Å². The minimum absolute atomic E-state index is 0.0307. The van der Waals surface area contributed by atoms with Crippen LogP contribution in [0, 0.1) is 4.91 Å². The monoisotopic (exact) mass is 187 g/mol. The van der Waals surface area contributed by atoms with Gasteiger partial charge < -0.3 is 10.6 Å². The summed E-state index contributed by atoms with van der Waals surface area (Å²) >= 11 is 0. The number of rotatable bonds is 9. The highest BCUT2D eigenvalue weighted by molar-refractivity contribution is 4.67. The maximum absolute atomic E-state index is 10.4. The Bertz CT molecular complexity index is 119. The summed E-state index contributed by atoms with van der Waals surface area (Å²) in [6.45, 7) is 4.92. The van der Waals surface area contributed by atoms with Gasteiger partial charge in [-0.3, -0.25) is 0 Å². The molecule has 1 atom stereocenters. The molecule has 0 fully saturated rings. The summed E-state index contributed by atoms with van der Waals surface area (Å²) in [6.07, 6.45) is 2.83. The Kier molecular flexibility index (Phi) is 9.25. The van der Waals surface area contributed by atoms with Gasteiger partial charge in [-0.25, -0.2) is 0 Å². The summed E-state index contributed by atoms with van der Waals surface area (Å²) in [5.41, 5.74) is 0. The largest absolute Gasteiger partial charge is 0.320 e. The predicted octanol–water partition coefficient (Wildman–Crippen LogP) is 1.12. The molecule has 0 aromatic carbocycles. The van der Waals surface area contributed by atoms with Crippen molar-refractivity contribution in [2.24, 2.45) is 5.18 Å². The number of hydrogen-bond acceptors (Lipinski definition) is 4. The summed E-state index contributed by atoms with van der Waals surface area (Å²) in [4.78, 5) is 10.4. The van der Waals surface area contributed by atoms with Crippen LogP contribution >= 0.6 is 0 Å². The van der Waals surface area contributed by atoms with Crippen LogP contribution in [0.4, 0.5) is 0 Å². The van der Waals surface area contributed by atoms with Crippen molar-refractivity contribution in [1.82, 2.24) is 10.6 Å². The van der Waals surface area contributed by atoms with Crippen molar-refractivity contribution in [3.63, 3.8) is 0 Å². The van der Waals surface area contributed by atoms with Gasteiger partial charge in [-0.1, -0.05) is 12.1 Å². The van der Waals surface area contributed by atoms with Gasteiger partial charge in [-0.15, -0.1) is 0 Å². The Hall–Kier alpha value is -0.480. The molecule has 0 aromatic rings. The third-order valence-corrected chi connectivity index (χ3v) is 1.96. The highest BCUT2D eigenvalue weighted by Crippen LogP contribution is 2.00. The number of nitrogens with zero attached hydrogens (tertiary/aromatic N) is 1. The van der Waals surface area contributed by atoms with Crippen molar-refractivity contribution in [3.8, 4) is 0 Å². The van der Waals surface area contributed by atoms with Gasteiger partial charge in [0.05, 0.1) is 6.04 Å². The summed E-state index contributed by atoms with van der Waals surface area (Å²) in [5.74, 6) is 0. The zero-order valence-electron chi connectivity index (χ0n) is 8.68. The third kappa shape index (κ3) is 7.87. The molecular formula is C9H21N3O. The van der Waals surface area contributed by atoms with Crippen LogP contribution in [0.25, 0.3) is 0 Å². The van der Waals surface area contributed by atoms with E-state index in [1.165, 1.54) is 0 Å². The maximum atomic E-state index is 10.4. The van der Waals surface area contributed by atoms with Gasteiger partial charge in [0, 0.05) is 0 Å². The van der Waals surface area contributed by atoms with Crippen LogP contribution in [0.2, 0.25) is 0 Å². The van der Waals surface area contributed by atoms with E-state index in [1.54, 1.807) is 0 Å².